The molecule has 1 aliphatic heterocycles. The van der Waals surface area contributed by atoms with Gasteiger partial charge in [0, 0.05) is 6.04 Å². The van der Waals surface area contributed by atoms with Gasteiger partial charge in [-0.2, -0.15) is 0 Å². The van der Waals surface area contributed by atoms with Crippen LogP contribution in [0, 0.1) is 5.41 Å². The van der Waals surface area contributed by atoms with Gasteiger partial charge in [0.25, 0.3) is 0 Å². The van der Waals surface area contributed by atoms with Crippen LogP contribution in [0.2, 0.25) is 0 Å². The summed E-state index contributed by atoms with van der Waals surface area (Å²) in [7, 11) is 1.99. The molecule has 1 atom stereocenters. The van der Waals surface area contributed by atoms with Crippen molar-refractivity contribution in [1.82, 2.24) is 5.32 Å². The molecule has 0 spiro atoms. The lowest BCUT2D eigenvalue weighted by atomic mass is 9.82. The van der Waals surface area contributed by atoms with Gasteiger partial charge in [0.2, 0.25) is 0 Å². The fourth-order valence-electron chi connectivity index (χ4n) is 2.34. The molecule has 0 saturated carbocycles. The SMILES string of the molecule is CNC(c1ccc2c(c1)OCCO2)C(C)(C)C. The van der Waals surface area contributed by atoms with E-state index in [0.29, 0.717) is 19.3 Å². The van der Waals surface area contributed by atoms with Crippen LogP contribution >= 0.6 is 0 Å². The third kappa shape index (κ3) is 2.55. The van der Waals surface area contributed by atoms with Gasteiger partial charge < -0.3 is 14.8 Å². The lowest BCUT2D eigenvalue weighted by Crippen LogP contribution is -2.29. The maximum absolute atomic E-state index is 5.62. The first-order chi connectivity index (χ1) is 8.02. The van der Waals surface area contributed by atoms with Crippen LogP contribution in [0.4, 0.5) is 0 Å². The molecule has 3 heteroatoms. The molecule has 1 N–H and O–H groups in total. The van der Waals surface area contributed by atoms with Crippen LogP contribution in [-0.2, 0) is 0 Å². The second-order valence-electron chi connectivity index (χ2n) is 5.49. The molecule has 1 unspecified atom stereocenters. The number of hydrogen-bond acceptors (Lipinski definition) is 3. The number of rotatable bonds is 2. The molecule has 0 aromatic heterocycles. The Labute approximate surface area is 103 Å². The summed E-state index contributed by atoms with van der Waals surface area (Å²) in [5, 5.41) is 3.37. The maximum atomic E-state index is 5.62. The van der Waals surface area contributed by atoms with Crippen LogP contribution in [0.5, 0.6) is 11.5 Å². The van der Waals surface area contributed by atoms with E-state index in [4.69, 9.17) is 9.47 Å². The van der Waals surface area contributed by atoms with Crippen LogP contribution < -0.4 is 14.8 Å². The number of benzene rings is 1. The minimum Gasteiger partial charge on any atom is -0.486 e. The first-order valence-electron chi connectivity index (χ1n) is 6.09. The Balaban J connectivity index is 2.32. The largest absolute Gasteiger partial charge is 0.486 e. The summed E-state index contributed by atoms with van der Waals surface area (Å²) in [4.78, 5) is 0. The van der Waals surface area contributed by atoms with Crippen LogP contribution in [0.25, 0.3) is 0 Å². The van der Waals surface area contributed by atoms with Gasteiger partial charge in [0.15, 0.2) is 11.5 Å². The molecular formula is C14H21NO2. The van der Waals surface area contributed by atoms with Crippen molar-refractivity contribution in [2.45, 2.75) is 26.8 Å². The molecule has 1 aromatic carbocycles. The van der Waals surface area contributed by atoms with E-state index < -0.39 is 0 Å². The Hall–Kier alpha value is -1.22. The van der Waals surface area contributed by atoms with Crippen molar-refractivity contribution < 1.29 is 9.47 Å². The Bertz CT molecular complexity index is 396. The van der Waals surface area contributed by atoms with E-state index in [2.05, 4.69) is 38.2 Å². The van der Waals surface area contributed by atoms with Crippen LogP contribution in [0.15, 0.2) is 18.2 Å². The summed E-state index contributed by atoms with van der Waals surface area (Å²) in [6.07, 6.45) is 0. The molecule has 3 nitrogen and oxygen atoms in total. The first-order valence-corrected chi connectivity index (χ1v) is 6.09. The molecule has 17 heavy (non-hydrogen) atoms. The van der Waals surface area contributed by atoms with Gasteiger partial charge in [0.1, 0.15) is 13.2 Å². The van der Waals surface area contributed by atoms with E-state index in [9.17, 15) is 0 Å². The highest BCUT2D eigenvalue weighted by molar-refractivity contribution is 5.45. The van der Waals surface area contributed by atoms with E-state index in [0.717, 1.165) is 11.5 Å². The second-order valence-corrected chi connectivity index (χ2v) is 5.49. The van der Waals surface area contributed by atoms with E-state index in [1.807, 2.05) is 13.1 Å². The fourth-order valence-corrected chi connectivity index (χ4v) is 2.34. The summed E-state index contributed by atoms with van der Waals surface area (Å²) in [5.41, 5.74) is 1.41. The van der Waals surface area contributed by atoms with E-state index in [1.165, 1.54) is 5.56 Å². The van der Waals surface area contributed by atoms with Gasteiger partial charge in [-0.15, -0.1) is 0 Å². The average molecular weight is 235 g/mol. The molecule has 2 rings (SSSR count). The third-order valence-electron chi connectivity index (χ3n) is 3.05. The lowest BCUT2D eigenvalue weighted by molar-refractivity contribution is 0.170. The number of hydrogen-bond donors (Lipinski definition) is 1. The van der Waals surface area contributed by atoms with Crippen molar-refractivity contribution in [3.63, 3.8) is 0 Å². The molecule has 0 radical (unpaired) electrons. The average Bonchev–Trinajstić information content (AvgIpc) is 2.28. The van der Waals surface area contributed by atoms with Crippen LogP contribution in [-0.4, -0.2) is 20.3 Å². The van der Waals surface area contributed by atoms with Gasteiger partial charge in [-0.3, -0.25) is 0 Å². The number of ether oxygens (including phenoxy) is 2. The van der Waals surface area contributed by atoms with Gasteiger partial charge in [-0.25, -0.2) is 0 Å². The number of fused-ring (bicyclic) bond motifs is 1. The summed E-state index contributed by atoms with van der Waals surface area (Å²) in [6.45, 7) is 7.96. The number of nitrogens with one attached hydrogen (secondary N) is 1. The summed E-state index contributed by atoms with van der Waals surface area (Å²) in [5.74, 6) is 1.71. The van der Waals surface area contributed by atoms with E-state index >= 15 is 0 Å². The Morgan fingerprint density at radius 3 is 2.35 bits per heavy atom. The zero-order valence-corrected chi connectivity index (χ0v) is 11.0. The van der Waals surface area contributed by atoms with Gasteiger partial charge in [-0.1, -0.05) is 26.8 Å². The molecule has 0 aliphatic carbocycles. The summed E-state index contributed by atoms with van der Waals surface area (Å²) < 4.78 is 11.2. The minimum atomic E-state index is 0.165. The highest BCUT2D eigenvalue weighted by Gasteiger charge is 2.26. The van der Waals surface area contributed by atoms with E-state index in [-0.39, 0.29) is 5.41 Å². The van der Waals surface area contributed by atoms with Crippen molar-refractivity contribution >= 4 is 0 Å². The molecular weight excluding hydrogens is 214 g/mol. The third-order valence-corrected chi connectivity index (χ3v) is 3.05. The second kappa shape index (κ2) is 4.57. The summed E-state index contributed by atoms with van der Waals surface area (Å²) >= 11 is 0. The highest BCUT2D eigenvalue weighted by Crippen LogP contribution is 2.37. The Morgan fingerprint density at radius 2 is 1.76 bits per heavy atom. The van der Waals surface area contributed by atoms with Gasteiger partial charge >= 0.3 is 0 Å². The topological polar surface area (TPSA) is 30.5 Å². The van der Waals surface area contributed by atoms with Gasteiger partial charge in [-0.05, 0) is 30.2 Å². The quantitative estimate of drug-likeness (QED) is 0.855. The van der Waals surface area contributed by atoms with Crippen molar-refractivity contribution in [3.8, 4) is 11.5 Å². The Morgan fingerprint density at radius 1 is 1.12 bits per heavy atom. The fraction of sp³-hybridized carbons (Fsp3) is 0.571. The molecule has 0 bridgehead atoms. The highest BCUT2D eigenvalue weighted by atomic mass is 16.6. The monoisotopic (exact) mass is 235 g/mol. The molecule has 0 amide bonds. The van der Waals surface area contributed by atoms with Crippen LogP contribution in [0.3, 0.4) is 0 Å². The van der Waals surface area contributed by atoms with Crippen molar-refractivity contribution in [1.29, 1.82) is 0 Å². The molecule has 0 saturated heterocycles. The molecule has 1 heterocycles. The Kier molecular flexibility index (Phi) is 3.29. The molecule has 1 aromatic rings. The molecule has 1 aliphatic rings. The predicted molar refractivity (Wildman–Crippen MR) is 68.7 cm³/mol. The first kappa shape index (κ1) is 12.2. The lowest BCUT2D eigenvalue weighted by Gasteiger charge is -2.31. The molecule has 94 valence electrons. The zero-order chi connectivity index (χ0) is 12.5. The smallest absolute Gasteiger partial charge is 0.161 e. The van der Waals surface area contributed by atoms with Crippen molar-refractivity contribution in [2.75, 3.05) is 20.3 Å². The zero-order valence-electron chi connectivity index (χ0n) is 11.0. The predicted octanol–water partition coefficient (Wildman–Crippen LogP) is 2.76. The van der Waals surface area contributed by atoms with Crippen LogP contribution in [0.1, 0.15) is 32.4 Å². The van der Waals surface area contributed by atoms with Crippen molar-refractivity contribution in [2.24, 2.45) is 5.41 Å². The minimum absolute atomic E-state index is 0.165. The molecule has 0 fully saturated rings. The maximum Gasteiger partial charge on any atom is 0.161 e. The summed E-state index contributed by atoms with van der Waals surface area (Å²) in [6, 6.07) is 6.50. The normalized spacial score (nSPS) is 16.7. The standard InChI is InChI=1S/C14H21NO2/c1-14(2,3)13(15-4)10-5-6-11-12(9-10)17-8-7-16-11/h5-6,9,13,15H,7-8H2,1-4H3. The van der Waals surface area contributed by atoms with E-state index in [1.54, 1.807) is 0 Å². The van der Waals surface area contributed by atoms with Crippen molar-refractivity contribution in [3.05, 3.63) is 23.8 Å². The van der Waals surface area contributed by atoms with Gasteiger partial charge in [0.05, 0.1) is 0 Å².